The summed E-state index contributed by atoms with van der Waals surface area (Å²) >= 11 is 0. The number of carbonyl (C=O) groups is 1. The molecule has 0 aliphatic carbocycles. The molecule has 3 N–H and O–H groups in total. The van der Waals surface area contributed by atoms with Gasteiger partial charge in [-0.25, -0.2) is 4.79 Å². The Morgan fingerprint density at radius 1 is 1.47 bits per heavy atom. The van der Waals surface area contributed by atoms with Gasteiger partial charge in [-0.15, -0.1) is 0 Å². The van der Waals surface area contributed by atoms with Crippen molar-refractivity contribution in [3.8, 4) is 5.75 Å². The minimum atomic E-state index is -1.11. The summed E-state index contributed by atoms with van der Waals surface area (Å²) in [5, 5.41) is 28.2. The summed E-state index contributed by atoms with van der Waals surface area (Å²) in [6, 6.07) is 0.0529. The van der Waals surface area contributed by atoms with Crippen LogP contribution < -0.4 is 5.43 Å². The van der Waals surface area contributed by atoms with E-state index >= 15 is 0 Å². The Morgan fingerprint density at radius 3 is 2.47 bits per heavy atom. The third-order valence-corrected chi connectivity index (χ3v) is 2.78. The van der Waals surface area contributed by atoms with E-state index in [9.17, 15) is 19.8 Å². The lowest BCUT2D eigenvalue weighted by Crippen LogP contribution is -2.28. The molecule has 7 heteroatoms. The highest BCUT2D eigenvalue weighted by atomic mass is 16.4. The van der Waals surface area contributed by atoms with Crippen molar-refractivity contribution in [3.05, 3.63) is 27.7 Å². The fourth-order valence-corrected chi connectivity index (χ4v) is 1.88. The maximum Gasteiger partial charge on any atom is 0.326 e. The van der Waals surface area contributed by atoms with Crippen molar-refractivity contribution in [1.29, 1.82) is 0 Å². The number of carboxylic acid groups (broad SMARTS) is 1. The second-order valence-electron chi connectivity index (χ2n) is 4.58. The van der Waals surface area contributed by atoms with Gasteiger partial charge < -0.3 is 24.8 Å². The smallest absolute Gasteiger partial charge is 0.326 e. The van der Waals surface area contributed by atoms with Crippen LogP contribution in [0.25, 0.3) is 0 Å². The molecule has 0 amide bonds. The van der Waals surface area contributed by atoms with Crippen molar-refractivity contribution >= 4 is 5.97 Å². The van der Waals surface area contributed by atoms with Gasteiger partial charge in [0.2, 0.25) is 5.43 Å². The molecule has 0 radical (unpaired) electrons. The van der Waals surface area contributed by atoms with Crippen LogP contribution in [0.3, 0.4) is 0 Å². The predicted octanol–water partition coefficient (Wildman–Crippen LogP) is -0.247. The van der Waals surface area contributed by atoms with Gasteiger partial charge in [0.05, 0.1) is 12.3 Å². The second kappa shape index (κ2) is 5.85. The number of aliphatic carboxylic acids is 1. The largest absolute Gasteiger partial charge is 0.503 e. The van der Waals surface area contributed by atoms with Crippen molar-refractivity contribution in [2.75, 3.05) is 14.1 Å². The van der Waals surface area contributed by atoms with Crippen molar-refractivity contribution < 1.29 is 20.1 Å². The number of aromatic nitrogens is 1. The van der Waals surface area contributed by atoms with Crippen molar-refractivity contribution in [2.45, 2.75) is 26.1 Å². The number of carboxylic acids is 1. The van der Waals surface area contributed by atoms with E-state index in [0.29, 0.717) is 0 Å². The molecule has 1 unspecified atom stereocenters. The number of hydrogen-bond acceptors (Lipinski definition) is 5. The van der Waals surface area contributed by atoms with Crippen LogP contribution in [0.15, 0.2) is 10.9 Å². The normalized spacial score (nSPS) is 12.7. The third kappa shape index (κ3) is 3.12. The van der Waals surface area contributed by atoms with Crippen LogP contribution in [0.1, 0.15) is 24.4 Å². The predicted molar refractivity (Wildman–Crippen MR) is 68.0 cm³/mol. The summed E-state index contributed by atoms with van der Waals surface area (Å²) in [5.41, 5.74) is -0.291. The van der Waals surface area contributed by atoms with Gasteiger partial charge in [0.25, 0.3) is 0 Å². The first-order valence-corrected chi connectivity index (χ1v) is 5.74. The van der Waals surface area contributed by atoms with Gasteiger partial charge in [-0.3, -0.25) is 4.79 Å². The maximum absolute atomic E-state index is 11.6. The lowest BCUT2D eigenvalue weighted by Gasteiger charge is -2.23. The maximum atomic E-state index is 11.6. The molecule has 0 aromatic carbocycles. The Balaban J connectivity index is 3.58. The number of hydrogen-bond donors (Lipinski definition) is 3. The molecule has 0 saturated carbocycles. The fraction of sp³-hybridized carbons (Fsp3) is 0.500. The summed E-state index contributed by atoms with van der Waals surface area (Å²) in [6.45, 7) is 1.13. The average molecular weight is 270 g/mol. The number of aliphatic hydroxyl groups excluding tert-OH is 1. The van der Waals surface area contributed by atoms with Crippen LogP contribution >= 0.6 is 0 Å². The lowest BCUT2D eigenvalue weighted by atomic mass is 10.2. The number of pyridine rings is 1. The first-order chi connectivity index (χ1) is 8.79. The van der Waals surface area contributed by atoms with Gasteiger partial charge >= 0.3 is 5.97 Å². The summed E-state index contributed by atoms with van der Waals surface area (Å²) in [5.74, 6) is -1.60. The number of nitrogens with zero attached hydrogens (tertiary/aromatic N) is 2. The highest BCUT2D eigenvalue weighted by Gasteiger charge is 2.23. The summed E-state index contributed by atoms with van der Waals surface area (Å²) < 4.78 is 1.28. The molecule has 0 bridgehead atoms. The van der Waals surface area contributed by atoms with E-state index in [4.69, 9.17) is 5.11 Å². The van der Waals surface area contributed by atoms with Crippen LogP contribution in [0, 0.1) is 0 Å². The SMILES string of the molecule is CC(C(=O)O)n1c(CO)cc(=O)c(O)c1CN(C)C. The molecule has 1 aromatic heterocycles. The highest BCUT2D eigenvalue weighted by molar-refractivity contribution is 5.71. The molecule has 106 valence electrons. The molecule has 1 atom stereocenters. The van der Waals surface area contributed by atoms with Crippen molar-refractivity contribution in [2.24, 2.45) is 0 Å². The van der Waals surface area contributed by atoms with Crippen LogP contribution in [-0.2, 0) is 17.9 Å². The fourth-order valence-electron chi connectivity index (χ4n) is 1.88. The monoisotopic (exact) mass is 270 g/mol. The van der Waals surface area contributed by atoms with Crippen LogP contribution in [0.4, 0.5) is 0 Å². The molecule has 19 heavy (non-hydrogen) atoms. The molecule has 0 fully saturated rings. The first-order valence-electron chi connectivity index (χ1n) is 5.74. The molecule has 0 spiro atoms. The Morgan fingerprint density at radius 2 is 2.05 bits per heavy atom. The molecular formula is C12H18N2O5. The van der Waals surface area contributed by atoms with Crippen molar-refractivity contribution in [1.82, 2.24) is 9.47 Å². The average Bonchev–Trinajstić information content (AvgIpc) is 2.33. The Hall–Kier alpha value is -1.86. The Labute approximate surface area is 110 Å². The van der Waals surface area contributed by atoms with Crippen molar-refractivity contribution in [3.63, 3.8) is 0 Å². The van der Waals surface area contributed by atoms with Crippen LogP contribution in [-0.4, -0.2) is 44.9 Å². The van der Waals surface area contributed by atoms with Gasteiger partial charge in [0.15, 0.2) is 5.75 Å². The van der Waals surface area contributed by atoms with E-state index in [1.54, 1.807) is 19.0 Å². The molecule has 0 aliphatic rings. The van der Waals surface area contributed by atoms with E-state index < -0.39 is 29.8 Å². The minimum Gasteiger partial charge on any atom is -0.503 e. The second-order valence-corrected chi connectivity index (χ2v) is 4.58. The Kier molecular flexibility index (Phi) is 4.68. The lowest BCUT2D eigenvalue weighted by molar-refractivity contribution is -0.140. The van der Waals surface area contributed by atoms with E-state index in [-0.39, 0.29) is 17.9 Å². The molecule has 1 aromatic rings. The Bertz CT molecular complexity index is 536. The quantitative estimate of drug-likeness (QED) is 0.682. The zero-order chi connectivity index (χ0) is 14.7. The molecule has 1 heterocycles. The van der Waals surface area contributed by atoms with Crippen LogP contribution in [0.2, 0.25) is 0 Å². The topological polar surface area (TPSA) is 103 Å². The molecule has 7 nitrogen and oxygen atoms in total. The van der Waals surface area contributed by atoms with E-state index in [1.165, 1.54) is 11.5 Å². The minimum absolute atomic E-state index is 0.162. The number of aromatic hydroxyl groups is 1. The molecular weight excluding hydrogens is 252 g/mol. The first kappa shape index (κ1) is 15.2. The van der Waals surface area contributed by atoms with Crippen LogP contribution in [0.5, 0.6) is 5.75 Å². The van der Waals surface area contributed by atoms with Gasteiger partial charge in [-0.1, -0.05) is 0 Å². The summed E-state index contributed by atoms with van der Waals surface area (Å²) in [4.78, 5) is 24.4. The standard InChI is InChI=1S/C12H18N2O5/c1-7(12(18)19)14-8(6-15)4-10(16)11(17)9(14)5-13(2)3/h4,7,15,17H,5-6H2,1-3H3,(H,18,19). The number of aliphatic hydroxyl groups is 1. The third-order valence-electron chi connectivity index (χ3n) is 2.78. The number of rotatable bonds is 5. The zero-order valence-electron chi connectivity index (χ0n) is 11.1. The molecule has 0 aliphatic heterocycles. The van der Waals surface area contributed by atoms with Gasteiger partial charge in [0.1, 0.15) is 6.04 Å². The van der Waals surface area contributed by atoms with E-state index in [0.717, 1.165) is 6.07 Å². The summed E-state index contributed by atoms with van der Waals surface area (Å²) in [6.07, 6.45) is 0. The van der Waals surface area contributed by atoms with Gasteiger partial charge in [-0.05, 0) is 21.0 Å². The van der Waals surface area contributed by atoms with Gasteiger partial charge in [-0.2, -0.15) is 0 Å². The van der Waals surface area contributed by atoms with Gasteiger partial charge in [0, 0.05) is 18.3 Å². The zero-order valence-corrected chi connectivity index (χ0v) is 11.1. The van der Waals surface area contributed by atoms with E-state index in [1.807, 2.05) is 0 Å². The highest BCUT2D eigenvalue weighted by Crippen LogP contribution is 2.21. The molecule has 1 rings (SSSR count). The van der Waals surface area contributed by atoms with E-state index in [2.05, 4.69) is 0 Å². The molecule has 0 saturated heterocycles. The summed E-state index contributed by atoms with van der Waals surface area (Å²) in [7, 11) is 3.45.